The van der Waals surface area contributed by atoms with Gasteiger partial charge in [0.05, 0.1) is 0 Å². The summed E-state index contributed by atoms with van der Waals surface area (Å²) in [4.78, 5) is 14.5. The number of rotatable bonds is 5. The zero-order valence-electron chi connectivity index (χ0n) is 17.7. The molecule has 2 saturated heterocycles. The van der Waals surface area contributed by atoms with Gasteiger partial charge in [-0.25, -0.2) is 0 Å². The number of hydrogen-bond acceptors (Lipinski definition) is 5. The van der Waals surface area contributed by atoms with Crippen LogP contribution in [0.1, 0.15) is 59.3 Å². The van der Waals surface area contributed by atoms with E-state index in [1.807, 2.05) is 0 Å². The lowest BCUT2D eigenvalue weighted by Gasteiger charge is -2.36. The molecule has 6 nitrogen and oxygen atoms in total. The molecule has 0 aromatic carbocycles. The van der Waals surface area contributed by atoms with Gasteiger partial charge in [-0.05, 0) is 49.7 Å². The van der Waals surface area contributed by atoms with Crippen molar-refractivity contribution in [1.82, 2.24) is 15.3 Å². The van der Waals surface area contributed by atoms with Gasteiger partial charge >= 0.3 is 0 Å². The van der Waals surface area contributed by atoms with Gasteiger partial charge in [0.25, 0.3) is 0 Å². The van der Waals surface area contributed by atoms with Crippen LogP contribution in [0.5, 0.6) is 0 Å². The lowest BCUT2D eigenvalue weighted by atomic mass is 9.92. The lowest BCUT2D eigenvalue weighted by Crippen LogP contribution is -2.39. The summed E-state index contributed by atoms with van der Waals surface area (Å²) in [7, 11) is 0. The fraction of sp³-hybridized carbons (Fsp3) is 0.762. The summed E-state index contributed by atoms with van der Waals surface area (Å²) < 4.78 is 0. The molecule has 1 aromatic heterocycles. The van der Waals surface area contributed by atoms with E-state index in [1.54, 1.807) is 0 Å². The molecule has 0 spiro atoms. The van der Waals surface area contributed by atoms with E-state index in [0.29, 0.717) is 22.9 Å². The number of piperidine rings is 1. The molecule has 0 saturated carbocycles. The molecule has 28 heavy (non-hydrogen) atoms. The number of anilines is 3. The quantitative estimate of drug-likeness (QED) is 0.718. The SMILES string of the molecule is CCCNC(=S)Nc1nc(N2CCCCCC2)cc(N2C[C@H](C)C[C@@H](C)C2)n1. The summed E-state index contributed by atoms with van der Waals surface area (Å²) in [5.41, 5.74) is 0. The van der Waals surface area contributed by atoms with Gasteiger partial charge < -0.3 is 20.4 Å². The third-order valence-electron chi connectivity index (χ3n) is 5.58. The zero-order chi connectivity index (χ0) is 19.9. The van der Waals surface area contributed by atoms with E-state index in [9.17, 15) is 0 Å². The summed E-state index contributed by atoms with van der Waals surface area (Å²) in [5.74, 6) is 4.02. The second kappa shape index (κ2) is 10.2. The van der Waals surface area contributed by atoms with Crippen molar-refractivity contribution in [2.24, 2.45) is 11.8 Å². The van der Waals surface area contributed by atoms with Crippen LogP contribution >= 0.6 is 12.2 Å². The van der Waals surface area contributed by atoms with Crippen LogP contribution in [-0.2, 0) is 0 Å². The molecule has 2 N–H and O–H groups in total. The maximum atomic E-state index is 5.43. The van der Waals surface area contributed by atoms with E-state index in [0.717, 1.165) is 50.8 Å². The first-order valence-corrected chi connectivity index (χ1v) is 11.4. The van der Waals surface area contributed by atoms with Gasteiger partial charge in [0.15, 0.2) is 5.11 Å². The molecule has 2 aliphatic heterocycles. The fourth-order valence-electron chi connectivity index (χ4n) is 4.34. The first-order valence-electron chi connectivity index (χ1n) is 11.0. The Bertz CT molecular complexity index is 634. The Morgan fingerprint density at radius 2 is 1.64 bits per heavy atom. The average Bonchev–Trinajstić information content (AvgIpc) is 2.95. The molecule has 0 unspecified atom stereocenters. The Balaban J connectivity index is 1.85. The predicted octanol–water partition coefficient (Wildman–Crippen LogP) is 4.04. The highest BCUT2D eigenvalue weighted by Crippen LogP contribution is 2.29. The largest absolute Gasteiger partial charge is 0.362 e. The van der Waals surface area contributed by atoms with Gasteiger partial charge in [-0.3, -0.25) is 0 Å². The smallest absolute Gasteiger partial charge is 0.232 e. The number of hydrogen-bond donors (Lipinski definition) is 2. The van der Waals surface area contributed by atoms with Crippen molar-refractivity contribution in [2.45, 2.75) is 59.3 Å². The monoisotopic (exact) mass is 404 g/mol. The van der Waals surface area contributed by atoms with Gasteiger partial charge in [0.1, 0.15) is 11.6 Å². The van der Waals surface area contributed by atoms with E-state index >= 15 is 0 Å². The van der Waals surface area contributed by atoms with Crippen LogP contribution in [0, 0.1) is 11.8 Å². The van der Waals surface area contributed by atoms with Crippen LogP contribution in [0.3, 0.4) is 0 Å². The van der Waals surface area contributed by atoms with Crippen LogP contribution in [0.15, 0.2) is 6.07 Å². The van der Waals surface area contributed by atoms with Crippen molar-refractivity contribution >= 4 is 34.9 Å². The van der Waals surface area contributed by atoms with E-state index in [-0.39, 0.29) is 0 Å². The van der Waals surface area contributed by atoms with Gasteiger partial charge in [0.2, 0.25) is 5.95 Å². The highest BCUT2D eigenvalue weighted by Gasteiger charge is 2.24. The van der Waals surface area contributed by atoms with Crippen LogP contribution in [0.25, 0.3) is 0 Å². The summed E-state index contributed by atoms with van der Waals surface area (Å²) in [6.45, 7) is 11.9. The summed E-state index contributed by atoms with van der Waals surface area (Å²) in [6.07, 6.45) is 7.41. The standard InChI is InChI=1S/C21H36N6S/c1-4-9-22-21(28)25-20-23-18(26-10-7-5-6-8-11-26)13-19(24-20)27-14-16(2)12-17(3)15-27/h13,16-17H,4-12,14-15H2,1-3H3,(H2,22,23,24,25,28)/t16-,17-/m1/s1. The summed E-state index contributed by atoms with van der Waals surface area (Å²) >= 11 is 5.43. The normalized spacial score (nSPS) is 23.2. The van der Waals surface area contributed by atoms with Crippen LogP contribution in [0.2, 0.25) is 0 Å². The Labute approximate surface area is 175 Å². The fourth-order valence-corrected chi connectivity index (χ4v) is 4.53. The molecule has 0 bridgehead atoms. The molecule has 1 aromatic rings. The number of nitrogens with zero attached hydrogens (tertiary/aromatic N) is 4. The highest BCUT2D eigenvalue weighted by atomic mass is 32.1. The maximum Gasteiger partial charge on any atom is 0.232 e. The minimum absolute atomic E-state index is 0.598. The summed E-state index contributed by atoms with van der Waals surface area (Å²) in [6, 6.07) is 2.18. The van der Waals surface area contributed by atoms with Crippen LogP contribution in [0.4, 0.5) is 17.6 Å². The average molecular weight is 405 g/mol. The van der Waals surface area contributed by atoms with Gasteiger partial charge in [-0.2, -0.15) is 9.97 Å². The van der Waals surface area contributed by atoms with Crippen molar-refractivity contribution in [1.29, 1.82) is 0 Å². The molecule has 3 heterocycles. The van der Waals surface area contributed by atoms with Gasteiger partial charge in [-0.1, -0.05) is 33.6 Å². The molecule has 7 heteroatoms. The van der Waals surface area contributed by atoms with Crippen molar-refractivity contribution in [2.75, 3.05) is 47.8 Å². The Kier molecular flexibility index (Phi) is 7.71. The minimum Gasteiger partial charge on any atom is -0.362 e. The van der Waals surface area contributed by atoms with E-state index in [4.69, 9.17) is 22.2 Å². The second-order valence-electron chi connectivity index (χ2n) is 8.54. The zero-order valence-corrected chi connectivity index (χ0v) is 18.5. The highest BCUT2D eigenvalue weighted by molar-refractivity contribution is 7.80. The third-order valence-corrected chi connectivity index (χ3v) is 5.83. The van der Waals surface area contributed by atoms with Gasteiger partial charge in [-0.15, -0.1) is 0 Å². The number of thiocarbonyl (C=S) groups is 1. The molecule has 2 aliphatic rings. The molecule has 156 valence electrons. The van der Waals surface area contributed by atoms with E-state index in [2.05, 4.69) is 47.3 Å². The maximum absolute atomic E-state index is 5.43. The van der Waals surface area contributed by atoms with Gasteiger partial charge in [0, 0.05) is 38.8 Å². The van der Waals surface area contributed by atoms with Crippen molar-refractivity contribution in [3.05, 3.63) is 6.07 Å². The molecular formula is C21H36N6S. The first-order chi connectivity index (χ1) is 13.5. The van der Waals surface area contributed by atoms with Crippen molar-refractivity contribution in [3.63, 3.8) is 0 Å². The molecule has 2 atom stereocenters. The molecule has 0 radical (unpaired) electrons. The molecule has 0 amide bonds. The molecule has 3 rings (SSSR count). The molecule has 0 aliphatic carbocycles. The number of nitrogens with one attached hydrogen (secondary N) is 2. The lowest BCUT2D eigenvalue weighted by molar-refractivity contribution is 0.355. The summed E-state index contributed by atoms with van der Waals surface area (Å²) in [5, 5.41) is 7.03. The predicted molar refractivity (Wildman–Crippen MR) is 122 cm³/mol. The van der Waals surface area contributed by atoms with E-state index in [1.165, 1.54) is 32.1 Å². The molecular weight excluding hydrogens is 368 g/mol. The Morgan fingerprint density at radius 1 is 1.04 bits per heavy atom. The topological polar surface area (TPSA) is 56.3 Å². The van der Waals surface area contributed by atoms with Crippen LogP contribution in [-0.4, -0.2) is 47.8 Å². The molecule has 2 fully saturated rings. The van der Waals surface area contributed by atoms with Crippen LogP contribution < -0.4 is 20.4 Å². The Morgan fingerprint density at radius 3 is 2.25 bits per heavy atom. The Hall–Kier alpha value is -1.63. The van der Waals surface area contributed by atoms with E-state index < -0.39 is 0 Å². The second-order valence-corrected chi connectivity index (χ2v) is 8.95. The van der Waals surface area contributed by atoms with Crippen molar-refractivity contribution in [3.8, 4) is 0 Å². The minimum atomic E-state index is 0.598. The first kappa shape index (κ1) is 21.1. The van der Waals surface area contributed by atoms with Crippen molar-refractivity contribution < 1.29 is 0 Å². The number of aromatic nitrogens is 2. The third kappa shape index (κ3) is 5.93.